The second-order valence-corrected chi connectivity index (χ2v) is 16.7. The van der Waals surface area contributed by atoms with Gasteiger partial charge < -0.3 is 14.2 Å². The molecule has 1 unspecified atom stereocenters. The normalized spacial score (nSPS) is 15.4. The van der Waals surface area contributed by atoms with Gasteiger partial charge in [0.1, 0.15) is 5.58 Å². The number of hydrogen-bond acceptors (Lipinski definition) is 4. The van der Waals surface area contributed by atoms with Crippen LogP contribution in [0.3, 0.4) is 0 Å². The van der Waals surface area contributed by atoms with E-state index in [1.54, 1.807) is 0 Å². The second kappa shape index (κ2) is 12.4. The largest absolute Gasteiger partial charge is 0.454 e. The number of furan rings is 1. The summed E-state index contributed by atoms with van der Waals surface area (Å²) in [5.41, 5.74) is 18.3. The lowest BCUT2D eigenvalue weighted by Crippen LogP contribution is -2.26. The van der Waals surface area contributed by atoms with Gasteiger partial charge in [-0.15, -0.1) is 0 Å². The maximum atomic E-state index is 6.74. The van der Waals surface area contributed by atoms with Crippen LogP contribution in [0, 0.1) is 0 Å². The highest BCUT2D eigenvalue weighted by Gasteiger charge is 2.52. The zero-order valence-electron chi connectivity index (χ0n) is 31.8. The Hall–Kier alpha value is -7.27. The molecule has 0 bridgehead atoms. The molecular weight excluding hydrogens is 737 g/mol. The fourth-order valence-electron chi connectivity index (χ4n) is 10.4. The molecule has 0 amide bonds. The van der Waals surface area contributed by atoms with Crippen molar-refractivity contribution in [2.24, 2.45) is 0 Å². The predicted molar refractivity (Wildman–Crippen MR) is 244 cm³/mol. The first-order chi connectivity index (χ1) is 29.3. The van der Waals surface area contributed by atoms with Crippen LogP contribution in [0.5, 0.6) is 0 Å². The van der Waals surface area contributed by atoms with Crippen LogP contribution in [0.4, 0.5) is 34.1 Å². The van der Waals surface area contributed by atoms with Crippen LogP contribution in [-0.2, 0) is 5.41 Å². The monoisotopic (exact) mass is 770 g/mol. The molecule has 3 nitrogen and oxygen atoms in total. The lowest BCUT2D eigenvalue weighted by atomic mass is 9.70. The van der Waals surface area contributed by atoms with Crippen molar-refractivity contribution in [3.63, 3.8) is 0 Å². The Morgan fingerprint density at radius 1 is 0.441 bits per heavy atom. The van der Waals surface area contributed by atoms with Gasteiger partial charge in [-0.05, 0) is 106 Å². The minimum Gasteiger partial charge on any atom is -0.454 e. The third-order valence-electron chi connectivity index (χ3n) is 12.6. The molecule has 0 saturated carbocycles. The highest BCUT2D eigenvalue weighted by atomic mass is 32.2. The van der Waals surface area contributed by atoms with Crippen LogP contribution in [0.1, 0.15) is 22.3 Å². The maximum Gasteiger partial charge on any atom is 0.159 e. The molecule has 1 aliphatic heterocycles. The van der Waals surface area contributed by atoms with Crippen molar-refractivity contribution in [3.8, 4) is 22.3 Å². The van der Waals surface area contributed by atoms with Gasteiger partial charge in [0.2, 0.25) is 0 Å². The molecule has 10 aromatic rings. The number of anilines is 6. The predicted octanol–water partition coefficient (Wildman–Crippen LogP) is 15.3. The highest BCUT2D eigenvalue weighted by Crippen LogP contribution is 2.65. The summed E-state index contributed by atoms with van der Waals surface area (Å²) >= 11 is 1.84. The standard InChI is InChI=1S/C55H34N2OS/c1-2-16-35(17-3-1)56(49-28-14-21-39-38-19-6-11-29-50(38)58-54(39)49)48-27-15-24-45-53(48)40-20-5-8-23-43(40)55(45)42-22-7-4-18-37(42)41-34-36(32-33-44(41)55)57-46-25-9-12-30-51(46)59-52-31-13-10-26-47(52)57/h1-34H. The Bertz CT molecular complexity index is 3300. The quantitative estimate of drug-likeness (QED) is 0.177. The van der Waals surface area contributed by atoms with E-state index in [0.29, 0.717) is 0 Å². The number of benzene rings is 9. The van der Waals surface area contributed by atoms with Gasteiger partial charge in [-0.1, -0.05) is 151 Å². The number of fused-ring (bicyclic) bond motifs is 15. The van der Waals surface area contributed by atoms with Gasteiger partial charge in [0.25, 0.3) is 0 Å². The van der Waals surface area contributed by atoms with E-state index in [4.69, 9.17) is 4.42 Å². The molecular formula is C55H34N2OS. The summed E-state index contributed by atoms with van der Waals surface area (Å²) in [6.45, 7) is 0. The topological polar surface area (TPSA) is 19.6 Å². The van der Waals surface area contributed by atoms with Gasteiger partial charge in [-0.3, -0.25) is 0 Å². The fourth-order valence-corrected chi connectivity index (χ4v) is 11.4. The van der Waals surface area contributed by atoms with Crippen molar-refractivity contribution >= 4 is 67.8 Å². The molecule has 0 radical (unpaired) electrons. The van der Waals surface area contributed by atoms with Gasteiger partial charge in [0.15, 0.2) is 5.58 Å². The van der Waals surface area contributed by atoms with Crippen molar-refractivity contribution in [2.75, 3.05) is 9.80 Å². The Labute approximate surface area is 346 Å². The molecule has 4 heteroatoms. The van der Waals surface area contributed by atoms with E-state index in [-0.39, 0.29) is 0 Å². The van der Waals surface area contributed by atoms with Crippen molar-refractivity contribution < 1.29 is 4.42 Å². The van der Waals surface area contributed by atoms with E-state index in [1.165, 1.54) is 65.7 Å². The Morgan fingerprint density at radius 3 is 1.85 bits per heavy atom. The number of hydrogen-bond donors (Lipinski definition) is 0. The number of rotatable bonds is 4. The van der Waals surface area contributed by atoms with E-state index in [0.717, 1.165) is 44.7 Å². The van der Waals surface area contributed by atoms with Crippen LogP contribution in [0.2, 0.25) is 0 Å². The first-order valence-corrected chi connectivity index (χ1v) is 21.0. The van der Waals surface area contributed by atoms with Gasteiger partial charge in [-0.25, -0.2) is 0 Å². The van der Waals surface area contributed by atoms with Crippen LogP contribution in [0.15, 0.2) is 220 Å². The van der Waals surface area contributed by atoms with Gasteiger partial charge in [0.05, 0.1) is 28.2 Å². The highest BCUT2D eigenvalue weighted by molar-refractivity contribution is 7.99. The van der Waals surface area contributed by atoms with Crippen LogP contribution in [0.25, 0.3) is 44.2 Å². The molecule has 276 valence electrons. The zero-order valence-corrected chi connectivity index (χ0v) is 32.7. The summed E-state index contributed by atoms with van der Waals surface area (Å²) < 4.78 is 6.74. The fraction of sp³-hybridized carbons (Fsp3) is 0.0182. The third-order valence-corrected chi connectivity index (χ3v) is 13.8. The molecule has 0 fully saturated rings. The first-order valence-electron chi connectivity index (χ1n) is 20.2. The molecule has 1 aromatic heterocycles. The van der Waals surface area contributed by atoms with E-state index in [9.17, 15) is 0 Å². The Morgan fingerprint density at radius 2 is 1.03 bits per heavy atom. The van der Waals surface area contributed by atoms with Crippen molar-refractivity contribution in [1.29, 1.82) is 0 Å². The Balaban J connectivity index is 1.07. The van der Waals surface area contributed by atoms with Crippen LogP contribution >= 0.6 is 11.8 Å². The van der Waals surface area contributed by atoms with E-state index >= 15 is 0 Å². The van der Waals surface area contributed by atoms with E-state index in [2.05, 4.69) is 210 Å². The van der Waals surface area contributed by atoms with E-state index in [1.807, 2.05) is 17.8 Å². The summed E-state index contributed by atoms with van der Waals surface area (Å²) in [7, 11) is 0. The molecule has 3 aliphatic rings. The van der Waals surface area contributed by atoms with Crippen molar-refractivity contribution in [1.82, 2.24) is 0 Å². The summed E-state index contributed by atoms with van der Waals surface area (Å²) in [5.74, 6) is 0. The SMILES string of the molecule is c1ccc(N(c2cccc3c2-c2ccccc2C32c3ccccc3-c3cc(N4c5ccccc5Sc5ccccc54)ccc32)c2cccc3c2oc2ccccc23)cc1. The summed E-state index contributed by atoms with van der Waals surface area (Å²) in [6, 6.07) is 75.5. The lowest BCUT2D eigenvalue weighted by Gasteiger charge is -2.34. The molecule has 13 rings (SSSR count). The minimum absolute atomic E-state index is 0.520. The molecule has 0 saturated heterocycles. The van der Waals surface area contributed by atoms with Gasteiger partial charge in [0, 0.05) is 37.5 Å². The van der Waals surface area contributed by atoms with Gasteiger partial charge >= 0.3 is 0 Å². The van der Waals surface area contributed by atoms with Gasteiger partial charge in [-0.2, -0.15) is 0 Å². The molecule has 9 aromatic carbocycles. The second-order valence-electron chi connectivity index (χ2n) is 15.6. The molecule has 2 heterocycles. The van der Waals surface area contributed by atoms with Crippen LogP contribution < -0.4 is 9.80 Å². The molecule has 1 atom stereocenters. The van der Waals surface area contributed by atoms with E-state index < -0.39 is 5.41 Å². The average Bonchev–Trinajstić information content (AvgIpc) is 3.93. The minimum atomic E-state index is -0.520. The smallest absolute Gasteiger partial charge is 0.159 e. The summed E-state index contributed by atoms with van der Waals surface area (Å²) in [5, 5.41) is 2.23. The average molecular weight is 771 g/mol. The number of para-hydroxylation sites is 5. The van der Waals surface area contributed by atoms with Crippen molar-refractivity contribution in [2.45, 2.75) is 15.2 Å². The molecule has 59 heavy (non-hydrogen) atoms. The summed E-state index contributed by atoms with van der Waals surface area (Å²) in [6.07, 6.45) is 0. The molecule has 1 spiro atoms. The zero-order chi connectivity index (χ0) is 38.7. The summed E-state index contributed by atoms with van der Waals surface area (Å²) in [4.78, 5) is 7.38. The number of nitrogens with zero attached hydrogens (tertiary/aromatic N) is 2. The maximum absolute atomic E-state index is 6.74. The lowest BCUT2D eigenvalue weighted by molar-refractivity contribution is 0.669. The van der Waals surface area contributed by atoms with Crippen molar-refractivity contribution in [3.05, 3.63) is 229 Å². The molecule has 0 N–H and O–H groups in total. The Kier molecular flexibility index (Phi) is 6.87. The molecule has 2 aliphatic carbocycles. The van der Waals surface area contributed by atoms with Crippen LogP contribution in [-0.4, -0.2) is 0 Å². The third kappa shape index (κ3) is 4.44. The first kappa shape index (κ1) is 32.8.